The van der Waals surface area contributed by atoms with Gasteiger partial charge in [0.2, 0.25) is 11.6 Å². The fourth-order valence-electron chi connectivity index (χ4n) is 1.61. The lowest BCUT2D eigenvalue weighted by atomic mass is 10.1. The van der Waals surface area contributed by atoms with Crippen LogP contribution in [0.3, 0.4) is 0 Å². The third-order valence-corrected chi connectivity index (χ3v) is 2.60. The van der Waals surface area contributed by atoms with E-state index in [-0.39, 0.29) is 5.76 Å². The van der Waals surface area contributed by atoms with Crippen LogP contribution in [0.1, 0.15) is 15.9 Å². The summed E-state index contributed by atoms with van der Waals surface area (Å²) in [6, 6.07) is 16.8. The number of rotatable bonds is 4. The summed E-state index contributed by atoms with van der Waals surface area (Å²) in [6.07, 6.45) is 0.949. The first kappa shape index (κ1) is 12.8. The van der Waals surface area contributed by atoms with Gasteiger partial charge in [0, 0.05) is 17.2 Å². The lowest BCUT2D eigenvalue weighted by molar-refractivity contribution is -0.110. The number of ketones is 2. The van der Waals surface area contributed by atoms with Gasteiger partial charge in [0.15, 0.2) is 0 Å². The average molecular weight is 252 g/mol. The van der Waals surface area contributed by atoms with Crippen LogP contribution in [0.2, 0.25) is 0 Å². The largest absolute Gasteiger partial charge is 0.507 e. The Morgan fingerprint density at radius 2 is 1.26 bits per heavy atom. The normalized spacial score (nSPS) is 11.1. The Bertz CT molecular complexity index is 613. The molecule has 0 aliphatic heterocycles. The fourth-order valence-corrected chi connectivity index (χ4v) is 1.61. The highest BCUT2D eigenvalue weighted by atomic mass is 16.3. The van der Waals surface area contributed by atoms with Crippen LogP contribution in [-0.2, 0) is 4.79 Å². The molecule has 0 heterocycles. The first-order chi connectivity index (χ1) is 9.18. The molecule has 0 aliphatic rings. The van der Waals surface area contributed by atoms with E-state index in [1.165, 1.54) is 0 Å². The van der Waals surface area contributed by atoms with Gasteiger partial charge in [-0.05, 0) is 0 Å². The molecule has 0 bridgehead atoms. The maximum atomic E-state index is 11.8. The van der Waals surface area contributed by atoms with Crippen LogP contribution in [0.5, 0.6) is 0 Å². The smallest absolute Gasteiger partial charge is 0.233 e. The van der Waals surface area contributed by atoms with E-state index >= 15 is 0 Å². The van der Waals surface area contributed by atoms with E-state index in [1.54, 1.807) is 60.7 Å². The number of allylic oxidation sites excluding steroid dienone is 1. The van der Waals surface area contributed by atoms with E-state index in [0.29, 0.717) is 11.1 Å². The van der Waals surface area contributed by atoms with Crippen molar-refractivity contribution in [2.45, 2.75) is 0 Å². The molecule has 2 aromatic rings. The van der Waals surface area contributed by atoms with Crippen LogP contribution >= 0.6 is 0 Å². The zero-order valence-electron chi connectivity index (χ0n) is 10.1. The second kappa shape index (κ2) is 5.78. The third kappa shape index (κ3) is 3.16. The molecule has 0 saturated carbocycles. The summed E-state index contributed by atoms with van der Waals surface area (Å²) in [4.78, 5) is 23.5. The van der Waals surface area contributed by atoms with Gasteiger partial charge in [-0.3, -0.25) is 9.59 Å². The van der Waals surface area contributed by atoms with Gasteiger partial charge in [0.25, 0.3) is 0 Å². The van der Waals surface area contributed by atoms with E-state index in [2.05, 4.69) is 0 Å². The minimum Gasteiger partial charge on any atom is -0.507 e. The van der Waals surface area contributed by atoms with Crippen LogP contribution in [0.4, 0.5) is 0 Å². The quantitative estimate of drug-likeness (QED) is 0.394. The first-order valence-corrected chi connectivity index (χ1v) is 5.78. The Morgan fingerprint density at radius 3 is 1.79 bits per heavy atom. The summed E-state index contributed by atoms with van der Waals surface area (Å²) in [7, 11) is 0. The van der Waals surface area contributed by atoms with Crippen molar-refractivity contribution in [2.75, 3.05) is 0 Å². The van der Waals surface area contributed by atoms with E-state index in [4.69, 9.17) is 0 Å². The lowest BCUT2D eigenvalue weighted by Crippen LogP contribution is -2.11. The molecule has 0 aromatic heterocycles. The predicted molar refractivity (Wildman–Crippen MR) is 72.8 cm³/mol. The number of carbonyl (C=O) groups is 2. The van der Waals surface area contributed by atoms with Gasteiger partial charge in [-0.15, -0.1) is 0 Å². The van der Waals surface area contributed by atoms with Crippen LogP contribution in [0, 0.1) is 0 Å². The molecule has 0 spiro atoms. The Labute approximate surface area is 110 Å². The summed E-state index contributed by atoms with van der Waals surface area (Å²) in [5, 5.41) is 9.77. The maximum Gasteiger partial charge on any atom is 0.233 e. The Morgan fingerprint density at radius 1 is 0.789 bits per heavy atom. The van der Waals surface area contributed by atoms with Crippen molar-refractivity contribution < 1.29 is 14.7 Å². The van der Waals surface area contributed by atoms with Gasteiger partial charge in [0.1, 0.15) is 5.76 Å². The van der Waals surface area contributed by atoms with Gasteiger partial charge < -0.3 is 5.11 Å². The number of benzene rings is 2. The Balaban J connectivity index is 2.20. The molecule has 2 aromatic carbocycles. The van der Waals surface area contributed by atoms with Crippen molar-refractivity contribution in [2.24, 2.45) is 0 Å². The molecule has 0 aliphatic carbocycles. The standard InChI is InChI=1S/C16H12O3/c17-14(12-7-3-1-4-8-12)11-15(18)16(19)13-9-5-2-6-10-13/h1-11,17H. The summed E-state index contributed by atoms with van der Waals surface area (Å²) in [6.45, 7) is 0. The van der Waals surface area contributed by atoms with Gasteiger partial charge in [0.05, 0.1) is 0 Å². The molecule has 94 valence electrons. The maximum absolute atomic E-state index is 11.8. The molecule has 0 amide bonds. The van der Waals surface area contributed by atoms with E-state index in [1.807, 2.05) is 0 Å². The van der Waals surface area contributed by atoms with E-state index in [9.17, 15) is 14.7 Å². The predicted octanol–water partition coefficient (Wildman–Crippen LogP) is 3.04. The number of carbonyl (C=O) groups excluding carboxylic acids is 2. The highest BCUT2D eigenvalue weighted by Crippen LogP contribution is 2.11. The minimum atomic E-state index is -0.743. The molecule has 0 radical (unpaired) electrons. The van der Waals surface area contributed by atoms with Crippen LogP contribution in [-0.4, -0.2) is 16.7 Å². The Kier molecular flexibility index (Phi) is 3.88. The highest BCUT2D eigenvalue weighted by Gasteiger charge is 2.14. The van der Waals surface area contributed by atoms with Gasteiger partial charge >= 0.3 is 0 Å². The highest BCUT2D eigenvalue weighted by molar-refractivity contribution is 6.48. The molecular weight excluding hydrogens is 240 g/mol. The molecule has 2 rings (SSSR count). The molecule has 0 fully saturated rings. The van der Waals surface area contributed by atoms with Crippen molar-refractivity contribution in [3.8, 4) is 0 Å². The second-order valence-electron chi connectivity index (χ2n) is 3.96. The van der Waals surface area contributed by atoms with Gasteiger partial charge in [-0.25, -0.2) is 0 Å². The molecule has 0 unspecified atom stereocenters. The first-order valence-electron chi connectivity index (χ1n) is 5.78. The molecule has 0 saturated heterocycles. The molecule has 3 nitrogen and oxygen atoms in total. The van der Waals surface area contributed by atoms with Crippen molar-refractivity contribution in [1.82, 2.24) is 0 Å². The van der Waals surface area contributed by atoms with E-state index in [0.717, 1.165) is 6.08 Å². The molecule has 1 N–H and O–H groups in total. The van der Waals surface area contributed by atoms with Crippen molar-refractivity contribution in [1.29, 1.82) is 0 Å². The van der Waals surface area contributed by atoms with E-state index < -0.39 is 11.6 Å². The van der Waals surface area contributed by atoms with Crippen LogP contribution in [0.15, 0.2) is 66.7 Å². The SMILES string of the molecule is O=C(C=C(O)c1ccccc1)C(=O)c1ccccc1. The fraction of sp³-hybridized carbons (Fsp3) is 0. The summed E-state index contributed by atoms with van der Waals surface area (Å²) >= 11 is 0. The van der Waals surface area contributed by atoms with Gasteiger partial charge in [-0.1, -0.05) is 60.7 Å². The van der Waals surface area contributed by atoms with Crippen LogP contribution in [0.25, 0.3) is 5.76 Å². The van der Waals surface area contributed by atoms with Crippen molar-refractivity contribution in [3.63, 3.8) is 0 Å². The topological polar surface area (TPSA) is 54.4 Å². The summed E-state index contributed by atoms with van der Waals surface area (Å²) in [5.74, 6) is -1.59. The number of aliphatic hydroxyl groups excluding tert-OH is 1. The summed E-state index contributed by atoms with van der Waals surface area (Å²) < 4.78 is 0. The molecule has 0 atom stereocenters. The van der Waals surface area contributed by atoms with Crippen molar-refractivity contribution in [3.05, 3.63) is 77.9 Å². The number of aliphatic hydroxyl groups is 1. The number of Topliss-reactive ketones (excluding diaryl/α,β-unsaturated/α-hetero) is 1. The monoisotopic (exact) mass is 252 g/mol. The molecule has 19 heavy (non-hydrogen) atoms. The minimum absolute atomic E-state index is 0.213. The number of hydrogen-bond acceptors (Lipinski definition) is 3. The summed E-state index contributed by atoms with van der Waals surface area (Å²) in [5.41, 5.74) is 0.807. The zero-order chi connectivity index (χ0) is 13.7. The number of hydrogen-bond donors (Lipinski definition) is 1. The lowest BCUT2D eigenvalue weighted by Gasteiger charge is -2.00. The molecule has 3 heteroatoms. The van der Waals surface area contributed by atoms with Crippen LogP contribution < -0.4 is 0 Å². The zero-order valence-corrected chi connectivity index (χ0v) is 10.1. The van der Waals surface area contributed by atoms with Gasteiger partial charge in [-0.2, -0.15) is 0 Å². The third-order valence-electron chi connectivity index (χ3n) is 2.60. The second-order valence-corrected chi connectivity index (χ2v) is 3.96. The molecular formula is C16H12O3. The Hall–Kier alpha value is -2.68. The van der Waals surface area contributed by atoms with Crippen molar-refractivity contribution >= 4 is 17.3 Å². The average Bonchev–Trinajstić information content (AvgIpc) is 2.48.